The van der Waals surface area contributed by atoms with Gasteiger partial charge in [-0.3, -0.25) is 4.79 Å². The smallest absolute Gasteiger partial charge is 0.250 e. The number of nitrogens with one attached hydrogen (secondary N) is 2. The lowest BCUT2D eigenvalue weighted by atomic mass is 10.2. The van der Waals surface area contributed by atoms with Gasteiger partial charge in [0.15, 0.2) is 11.6 Å². The number of hydrogen-bond acceptors (Lipinski definition) is 4. The molecule has 1 aromatic carbocycles. The molecule has 0 radical (unpaired) electrons. The van der Waals surface area contributed by atoms with Crippen molar-refractivity contribution < 1.29 is 18.7 Å². The molecule has 124 valence electrons. The molecule has 1 heterocycles. The Bertz CT molecular complexity index is 470. The van der Waals surface area contributed by atoms with Crippen LogP contribution in [-0.4, -0.2) is 44.4 Å². The first-order valence-electron chi connectivity index (χ1n) is 7.22. The van der Waals surface area contributed by atoms with Crippen LogP contribution in [0.5, 0.6) is 5.75 Å². The van der Waals surface area contributed by atoms with Crippen molar-refractivity contribution in [2.45, 2.75) is 25.6 Å². The summed E-state index contributed by atoms with van der Waals surface area (Å²) in [5.74, 6) is -0.367. The first-order valence-corrected chi connectivity index (χ1v) is 7.22. The standard InChI is InChI=1S/C15H21FN2O3.ClH/c1-2-11(21-13-6-4-3-5-12(13)16)9-18-15(19)14-10-17-7-8-20-14;/h3-6,11,14,17H,2,7-10H2,1H3,(H,18,19);1H. The highest BCUT2D eigenvalue weighted by Gasteiger charge is 2.22. The number of carbonyl (C=O) groups excluding carboxylic acids is 1. The second kappa shape index (κ2) is 9.61. The molecule has 22 heavy (non-hydrogen) atoms. The Morgan fingerprint density at radius 2 is 2.32 bits per heavy atom. The highest BCUT2D eigenvalue weighted by Crippen LogP contribution is 2.17. The molecule has 0 aliphatic carbocycles. The number of rotatable bonds is 6. The number of halogens is 2. The van der Waals surface area contributed by atoms with Crippen LogP contribution in [-0.2, 0) is 9.53 Å². The average molecular weight is 333 g/mol. The number of morpholine rings is 1. The van der Waals surface area contributed by atoms with Gasteiger partial charge < -0.3 is 20.1 Å². The van der Waals surface area contributed by atoms with Crippen LogP contribution in [0.3, 0.4) is 0 Å². The topological polar surface area (TPSA) is 59.6 Å². The predicted molar refractivity (Wildman–Crippen MR) is 84.0 cm³/mol. The van der Waals surface area contributed by atoms with Gasteiger partial charge in [-0.15, -0.1) is 12.4 Å². The molecule has 0 bridgehead atoms. The van der Waals surface area contributed by atoms with Crippen molar-refractivity contribution in [3.05, 3.63) is 30.1 Å². The van der Waals surface area contributed by atoms with E-state index >= 15 is 0 Å². The number of benzene rings is 1. The molecule has 1 aliphatic rings. The first-order chi connectivity index (χ1) is 10.2. The van der Waals surface area contributed by atoms with E-state index in [1.54, 1.807) is 18.2 Å². The van der Waals surface area contributed by atoms with E-state index in [0.29, 0.717) is 26.1 Å². The Kier molecular flexibility index (Phi) is 8.16. The fourth-order valence-electron chi connectivity index (χ4n) is 2.05. The summed E-state index contributed by atoms with van der Waals surface area (Å²) in [6.45, 7) is 4.05. The quantitative estimate of drug-likeness (QED) is 0.829. The predicted octanol–water partition coefficient (Wildman–Crippen LogP) is 1.51. The van der Waals surface area contributed by atoms with Crippen molar-refractivity contribution in [1.29, 1.82) is 0 Å². The molecule has 1 aliphatic heterocycles. The van der Waals surface area contributed by atoms with Crippen LogP contribution < -0.4 is 15.4 Å². The molecular formula is C15H22ClFN2O3. The van der Waals surface area contributed by atoms with E-state index in [9.17, 15) is 9.18 Å². The first kappa shape index (κ1) is 18.7. The van der Waals surface area contributed by atoms with Gasteiger partial charge in [0.2, 0.25) is 0 Å². The monoisotopic (exact) mass is 332 g/mol. The van der Waals surface area contributed by atoms with E-state index in [1.165, 1.54) is 6.07 Å². The molecule has 2 atom stereocenters. The maximum Gasteiger partial charge on any atom is 0.250 e. The largest absolute Gasteiger partial charge is 0.486 e. The molecule has 2 rings (SSSR count). The number of amides is 1. The number of carbonyl (C=O) groups is 1. The average Bonchev–Trinajstić information content (AvgIpc) is 2.53. The van der Waals surface area contributed by atoms with E-state index in [2.05, 4.69) is 10.6 Å². The lowest BCUT2D eigenvalue weighted by Crippen LogP contribution is -2.49. The number of para-hydroxylation sites is 1. The molecular weight excluding hydrogens is 311 g/mol. The van der Waals surface area contributed by atoms with Gasteiger partial charge in [-0.1, -0.05) is 19.1 Å². The molecule has 2 unspecified atom stereocenters. The summed E-state index contributed by atoms with van der Waals surface area (Å²) in [4.78, 5) is 11.9. The molecule has 1 fully saturated rings. The molecule has 0 aromatic heterocycles. The van der Waals surface area contributed by atoms with E-state index in [-0.39, 0.29) is 30.2 Å². The Morgan fingerprint density at radius 3 is 2.95 bits per heavy atom. The zero-order valence-corrected chi connectivity index (χ0v) is 13.3. The highest BCUT2D eigenvalue weighted by molar-refractivity contribution is 5.85. The van der Waals surface area contributed by atoms with Crippen molar-refractivity contribution in [2.24, 2.45) is 0 Å². The minimum absolute atomic E-state index is 0. The summed E-state index contributed by atoms with van der Waals surface area (Å²) in [6.07, 6.45) is -0.0783. The molecule has 5 nitrogen and oxygen atoms in total. The van der Waals surface area contributed by atoms with E-state index in [0.717, 1.165) is 6.54 Å². The molecule has 1 aromatic rings. The zero-order valence-electron chi connectivity index (χ0n) is 12.5. The summed E-state index contributed by atoms with van der Waals surface area (Å²) in [5, 5.41) is 5.89. The Labute approximate surface area is 136 Å². The fourth-order valence-corrected chi connectivity index (χ4v) is 2.05. The van der Waals surface area contributed by atoms with Crippen molar-refractivity contribution >= 4 is 18.3 Å². The van der Waals surface area contributed by atoms with Crippen molar-refractivity contribution in [3.63, 3.8) is 0 Å². The third-order valence-corrected chi connectivity index (χ3v) is 3.31. The summed E-state index contributed by atoms with van der Waals surface area (Å²) in [6, 6.07) is 6.25. The van der Waals surface area contributed by atoms with Crippen LogP contribution in [0.1, 0.15) is 13.3 Å². The van der Waals surface area contributed by atoms with Gasteiger partial charge in [-0.2, -0.15) is 0 Å². The molecule has 0 spiro atoms. The SMILES string of the molecule is CCC(CNC(=O)C1CNCCO1)Oc1ccccc1F.Cl. The van der Waals surface area contributed by atoms with E-state index < -0.39 is 11.9 Å². The normalized spacial score (nSPS) is 18.9. The van der Waals surface area contributed by atoms with Crippen molar-refractivity contribution in [2.75, 3.05) is 26.2 Å². The summed E-state index contributed by atoms with van der Waals surface area (Å²) in [7, 11) is 0. The molecule has 7 heteroatoms. The van der Waals surface area contributed by atoms with Crippen LogP contribution in [0.4, 0.5) is 4.39 Å². The molecule has 1 saturated heterocycles. The van der Waals surface area contributed by atoms with E-state index in [1.807, 2.05) is 6.92 Å². The lowest BCUT2D eigenvalue weighted by Gasteiger charge is -2.24. The van der Waals surface area contributed by atoms with Crippen LogP contribution >= 0.6 is 12.4 Å². The van der Waals surface area contributed by atoms with Crippen LogP contribution in [0.25, 0.3) is 0 Å². The van der Waals surface area contributed by atoms with Gasteiger partial charge in [0.1, 0.15) is 12.2 Å². The van der Waals surface area contributed by atoms with Gasteiger partial charge in [-0.05, 0) is 18.6 Å². The Hall–Kier alpha value is -1.37. The molecule has 0 saturated carbocycles. The summed E-state index contributed by atoms with van der Waals surface area (Å²) >= 11 is 0. The van der Waals surface area contributed by atoms with Gasteiger partial charge in [0.25, 0.3) is 5.91 Å². The second-order valence-electron chi connectivity index (χ2n) is 4.89. The maximum atomic E-state index is 13.5. The Morgan fingerprint density at radius 1 is 1.55 bits per heavy atom. The lowest BCUT2D eigenvalue weighted by molar-refractivity contribution is -0.134. The van der Waals surface area contributed by atoms with Gasteiger partial charge in [-0.25, -0.2) is 4.39 Å². The Balaban J connectivity index is 0.00000242. The van der Waals surface area contributed by atoms with Crippen molar-refractivity contribution in [3.8, 4) is 5.75 Å². The fraction of sp³-hybridized carbons (Fsp3) is 0.533. The zero-order chi connectivity index (χ0) is 15.1. The van der Waals surface area contributed by atoms with Crippen LogP contribution in [0, 0.1) is 5.82 Å². The molecule has 1 amide bonds. The third kappa shape index (κ3) is 5.44. The van der Waals surface area contributed by atoms with Crippen LogP contribution in [0.2, 0.25) is 0 Å². The van der Waals surface area contributed by atoms with Gasteiger partial charge in [0.05, 0.1) is 13.2 Å². The number of hydrogen-bond donors (Lipinski definition) is 2. The summed E-state index contributed by atoms with van der Waals surface area (Å²) < 4.78 is 24.5. The van der Waals surface area contributed by atoms with E-state index in [4.69, 9.17) is 9.47 Å². The third-order valence-electron chi connectivity index (χ3n) is 3.31. The maximum absolute atomic E-state index is 13.5. The second-order valence-corrected chi connectivity index (χ2v) is 4.89. The van der Waals surface area contributed by atoms with Gasteiger partial charge >= 0.3 is 0 Å². The minimum atomic E-state index is -0.468. The minimum Gasteiger partial charge on any atom is -0.486 e. The van der Waals surface area contributed by atoms with Gasteiger partial charge in [0, 0.05) is 13.1 Å². The molecule has 2 N–H and O–H groups in total. The highest BCUT2D eigenvalue weighted by atomic mass is 35.5. The van der Waals surface area contributed by atoms with Crippen LogP contribution in [0.15, 0.2) is 24.3 Å². The summed E-state index contributed by atoms with van der Waals surface area (Å²) in [5.41, 5.74) is 0. The van der Waals surface area contributed by atoms with Crippen molar-refractivity contribution in [1.82, 2.24) is 10.6 Å². The number of ether oxygens (including phenoxy) is 2.